The average molecular weight is 272 g/mol. The van der Waals surface area contributed by atoms with Crippen LogP contribution in [-0.2, 0) is 0 Å². The molecule has 2 N–H and O–H groups in total. The number of nitrogens with two attached hydrogens (primary N) is 1. The minimum atomic E-state index is -0.0207. The van der Waals surface area contributed by atoms with Crippen molar-refractivity contribution >= 4 is 6.01 Å². The van der Waals surface area contributed by atoms with Crippen LogP contribution in [0.5, 0.6) is 11.5 Å². The Balaban J connectivity index is 1.71. The van der Waals surface area contributed by atoms with Gasteiger partial charge in [0.15, 0.2) is 23.0 Å². The highest BCUT2D eigenvalue weighted by Crippen LogP contribution is 2.36. The number of nitrogen functional groups attached to an aromatic ring is 1. The summed E-state index contributed by atoms with van der Waals surface area (Å²) in [5.74, 6) is 2.13. The highest BCUT2D eigenvalue weighted by Gasteiger charge is 2.17. The van der Waals surface area contributed by atoms with Crippen molar-refractivity contribution in [2.75, 3.05) is 12.5 Å². The highest BCUT2D eigenvalue weighted by molar-refractivity contribution is 5.66. The third-order valence-corrected chi connectivity index (χ3v) is 2.83. The monoisotopic (exact) mass is 272 g/mol. The Kier molecular flexibility index (Phi) is 2.16. The molecule has 0 atom stereocenters. The van der Waals surface area contributed by atoms with Crippen molar-refractivity contribution in [3.8, 4) is 34.4 Å². The summed E-state index contributed by atoms with van der Waals surface area (Å²) >= 11 is 0. The molecule has 100 valence electrons. The third kappa shape index (κ3) is 1.66. The fourth-order valence-electron chi connectivity index (χ4n) is 1.90. The number of ether oxygens (including phenoxy) is 2. The summed E-state index contributed by atoms with van der Waals surface area (Å²) in [7, 11) is 0. The lowest BCUT2D eigenvalue weighted by Crippen LogP contribution is -1.92. The van der Waals surface area contributed by atoms with Gasteiger partial charge in [0.2, 0.25) is 6.79 Å². The molecule has 1 aromatic carbocycles. The van der Waals surface area contributed by atoms with E-state index < -0.39 is 0 Å². The molecule has 3 heterocycles. The van der Waals surface area contributed by atoms with Crippen LogP contribution >= 0.6 is 0 Å². The van der Waals surface area contributed by atoms with Crippen LogP contribution in [0.15, 0.2) is 33.2 Å². The van der Waals surface area contributed by atoms with E-state index in [0.29, 0.717) is 23.0 Å². The van der Waals surface area contributed by atoms with E-state index in [1.54, 1.807) is 6.07 Å². The van der Waals surface area contributed by atoms with Crippen molar-refractivity contribution in [2.45, 2.75) is 0 Å². The average Bonchev–Trinajstić information content (AvgIpc) is 3.17. The molecule has 8 heteroatoms. The molecule has 8 nitrogen and oxygen atoms in total. The smallest absolute Gasteiger partial charge is 0.313 e. The summed E-state index contributed by atoms with van der Waals surface area (Å²) in [6.07, 6.45) is 0. The van der Waals surface area contributed by atoms with Gasteiger partial charge < -0.3 is 24.1 Å². The van der Waals surface area contributed by atoms with Crippen LogP contribution in [0.25, 0.3) is 22.9 Å². The number of hydrogen-bond donors (Lipinski definition) is 1. The summed E-state index contributed by atoms with van der Waals surface area (Å²) in [6.45, 7) is 0.224. The van der Waals surface area contributed by atoms with E-state index in [1.165, 1.54) is 0 Å². The first-order valence-electron chi connectivity index (χ1n) is 5.76. The Morgan fingerprint density at radius 3 is 2.80 bits per heavy atom. The van der Waals surface area contributed by atoms with Gasteiger partial charge in [-0.05, 0) is 18.2 Å². The molecule has 0 amide bonds. The summed E-state index contributed by atoms with van der Waals surface area (Å²) in [6, 6.07) is 7.14. The minimum absolute atomic E-state index is 0.0207. The molecule has 0 fully saturated rings. The Morgan fingerprint density at radius 1 is 1.05 bits per heavy atom. The summed E-state index contributed by atoms with van der Waals surface area (Å²) in [5.41, 5.74) is 6.59. The molecule has 1 aliphatic heterocycles. The maximum atomic E-state index is 5.37. The Bertz CT molecular complexity index is 779. The lowest BCUT2D eigenvalue weighted by molar-refractivity contribution is 0.174. The van der Waals surface area contributed by atoms with Crippen LogP contribution < -0.4 is 15.2 Å². The number of hydrogen-bond acceptors (Lipinski definition) is 8. The van der Waals surface area contributed by atoms with E-state index in [4.69, 9.17) is 24.1 Å². The van der Waals surface area contributed by atoms with Crippen LogP contribution in [0.2, 0.25) is 0 Å². The third-order valence-electron chi connectivity index (χ3n) is 2.83. The van der Waals surface area contributed by atoms with E-state index >= 15 is 0 Å². The highest BCUT2D eigenvalue weighted by atomic mass is 16.7. The molecule has 2 aromatic heterocycles. The molecule has 0 bridgehead atoms. The second-order valence-electron chi connectivity index (χ2n) is 4.09. The topological polar surface area (TPSA) is 109 Å². The molecule has 0 aliphatic carbocycles. The van der Waals surface area contributed by atoms with Crippen LogP contribution in [0.3, 0.4) is 0 Å². The van der Waals surface area contributed by atoms with Crippen molar-refractivity contribution in [3.63, 3.8) is 0 Å². The number of aromatic nitrogens is 3. The zero-order valence-corrected chi connectivity index (χ0v) is 10.1. The quantitative estimate of drug-likeness (QED) is 0.750. The van der Waals surface area contributed by atoms with E-state index in [0.717, 1.165) is 5.56 Å². The predicted octanol–water partition coefficient (Wildman–Crippen LogP) is 1.70. The van der Waals surface area contributed by atoms with Crippen LogP contribution in [-0.4, -0.2) is 22.1 Å². The van der Waals surface area contributed by atoms with Crippen LogP contribution in [0.1, 0.15) is 0 Å². The van der Waals surface area contributed by atoms with Gasteiger partial charge >= 0.3 is 6.01 Å². The number of anilines is 1. The molecule has 0 saturated heterocycles. The fraction of sp³-hybridized carbons (Fsp3) is 0.0833. The fourth-order valence-corrected chi connectivity index (χ4v) is 1.90. The van der Waals surface area contributed by atoms with E-state index in [-0.39, 0.29) is 18.7 Å². The lowest BCUT2D eigenvalue weighted by atomic mass is 10.1. The number of nitrogens with zero attached hydrogens (tertiary/aromatic N) is 3. The standard InChI is InChI=1S/C12H8N4O4/c13-12-15-14-11(19-12)7-4-9(20-16-7)6-1-2-8-10(3-6)18-5-17-8/h1-4H,5H2,(H2,13,15). The Labute approximate surface area is 112 Å². The van der Waals surface area contributed by atoms with Crippen LogP contribution in [0, 0.1) is 0 Å². The first-order valence-corrected chi connectivity index (χ1v) is 5.76. The summed E-state index contributed by atoms with van der Waals surface area (Å²) in [4.78, 5) is 0. The van der Waals surface area contributed by atoms with Crippen molar-refractivity contribution in [2.24, 2.45) is 0 Å². The molecule has 1 aliphatic rings. The van der Waals surface area contributed by atoms with Crippen molar-refractivity contribution in [1.29, 1.82) is 0 Å². The van der Waals surface area contributed by atoms with E-state index in [2.05, 4.69) is 15.4 Å². The first-order chi connectivity index (χ1) is 9.79. The van der Waals surface area contributed by atoms with Gasteiger partial charge in [-0.1, -0.05) is 10.3 Å². The zero-order chi connectivity index (χ0) is 13.5. The Hall–Kier alpha value is -3.03. The normalized spacial score (nSPS) is 12.8. The second kappa shape index (κ2) is 3.98. The molecule has 3 aromatic rings. The molecule has 0 unspecified atom stereocenters. The van der Waals surface area contributed by atoms with Gasteiger partial charge in [0, 0.05) is 11.6 Å². The summed E-state index contributed by atoms with van der Waals surface area (Å²) in [5, 5.41) is 11.2. The zero-order valence-electron chi connectivity index (χ0n) is 10.1. The molecule has 4 rings (SSSR count). The molecule has 0 spiro atoms. The molecule has 0 radical (unpaired) electrons. The first kappa shape index (κ1) is 10.9. The van der Waals surface area contributed by atoms with Crippen molar-refractivity contribution in [1.82, 2.24) is 15.4 Å². The molecular formula is C12H8N4O4. The maximum absolute atomic E-state index is 5.37. The largest absolute Gasteiger partial charge is 0.454 e. The minimum Gasteiger partial charge on any atom is -0.454 e. The van der Waals surface area contributed by atoms with Gasteiger partial charge in [-0.2, -0.15) is 0 Å². The number of benzene rings is 1. The van der Waals surface area contributed by atoms with Gasteiger partial charge in [-0.15, -0.1) is 5.10 Å². The lowest BCUT2D eigenvalue weighted by Gasteiger charge is -1.98. The molecular weight excluding hydrogens is 264 g/mol. The van der Waals surface area contributed by atoms with Crippen molar-refractivity contribution < 1.29 is 18.4 Å². The van der Waals surface area contributed by atoms with Gasteiger partial charge in [0.05, 0.1) is 0 Å². The maximum Gasteiger partial charge on any atom is 0.313 e. The van der Waals surface area contributed by atoms with Gasteiger partial charge in [-0.25, -0.2) is 0 Å². The number of fused-ring (bicyclic) bond motifs is 1. The molecule has 0 saturated carbocycles. The number of rotatable bonds is 2. The van der Waals surface area contributed by atoms with E-state index in [1.807, 2.05) is 18.2 Å². The van der Waals surface area contributed by atoms with Crippen LogP contribution in [0.4, 0.5) is 6.01 Å². The van der Waals surface area contributed by atoms with Gasteiger partial charge in [0.1, 0.15) is 0 Å². The van der Waals surface area contributed by atoms with E-state index in [9.17, 15) is 0 Å². The van der Waals surface area contributed by atoms with Gasteiger partial charge in [0.25, 0.3) is 5.89 Å². The predicted molar refractivity (Wildman–Crippen MR) is 65.8 cm³/mol. The second-order valence-corrected chi connectivity index (χ2v) is 4.09. The van der Waals surface area contributed by atoms with Gasteiger partial charge in [-0.3, -0.25) is 0 Å². The summed E-state index contributed by atoms with van der Waals surface area (Å²) < 4.78 is 20.9. The van der Waals surface area contributed by atoms with Crippen molar-refractivity contribution in [3.05, 3.63) is 24.3 Å². The SMILES string of the molecule is Nc1nnc(-c2cc(-c3ccc4c(c3)OCO4)on2)o1. The molecule has 20 heavy (non-hydrogen) atoms. The Morgan fingerprint density at radius 2 is 1.95 bits per heavy atom.